The van der Waals surface area contributed by atoms with Gasteiger partial charge in [0.05, 0.1) is 13.7 Å². The number of nitrogens with zero attached hydrogens (tertiary/aromatic N) is 2. The third-order valence-electron chi connectivity index (χ3n) is 4.75. The maximum absolute atomic E-state index is 12.5. The summed E-state index contributed by atoms with van der Waals surface area (Å²) in [6.07, 6.45) is -2.59. The summed E-state index contributed by atoms with van der Waals surface area (Å²) in [5.74, 6) is 1.73. The highest BCUT2D eigenvalue weighted by Crippen LogP contribution is 2.23. The molecule has 5 nitrogen and oxygen atoms in total. The molecule has 0 aliphatic carbocycles. The molecule has 1 aliphatic rings. The van der Waals surface area contributed by atoms with Crippen molar-refractivity contribution >= 4 is 5.96 Å². The molecule has 1 saturated heterocycles. The number of hydrogen-bond acceptors (Lipinski definition) is 3. The van der Waals surface area contributed by atoms with Crippen LogP contribution in [0, 0.1) is 12.8 Å². The molecular weight excluding hydrogens is 369 g/mol. The molecule has 1 unspecified atom stereocenters. The number of guanidine groups is 1. The number of ether oxygens (including phenoxy) is 1. The van der Waals surface area contributed by atoms with Gasteiger partial charge in [-0.1, -0.05) is 17.7 Å². The van der Waals surface area contributed by atoms with Gasteiger partial charge in [0.2, 0.25) is 0 Å². The Morgan fingerprint density at radius 2 is 2.11 bits per heavy atom. The first-order valence-electron chi connectivity index (χ1n) is 9.75. The first-order chi connectivity index (χ1) is 13.3. The second kappa shape index (κ2) is 10.5. The van der Waals surface area contributed by atoms with Crippen LogP contribution in [0.2, 0.25) is 0 Å². The van der Waals surface area contributed by atoms with Gasteiger partial charge in [0.25, 0.3) is 0 Å². The van der Waals surface area contributed by atoms with Crippen molar-refractivity contribution in [3.8, 4) is 5.75 Å². The summed E-state index contributed by atoms with van der Waals surface area (Å²) in [5, 5.41) is 6.50. The second-order valence-corrected chi connectivity index (χ2v) is 7.22. The Balaban J connectivity index is 1.83. The summed E-state index contributed by atoms with van der Waals surface area (Å²) < 4.78 is 42.9. The molecule has 1 heterocycles. The number of rotatable bonds is 8. The molecule has 0 radical (unpaired) electrons. The summed E-state index contributed by atoms with van der Waals surface area (Å²) in [7, 11) is 1.66. The average Bonchev–Trinajstić information content (AvgIpc) is 3.05. The third kappa shape index (κ3) is 7.58. The smallest absolute Gasteiger partial charge is 0.401 e. The average molecular weight is 400 g/mol. The van der Waals surface area contributed by atoms with Crippen LogP contribution in [0.5, 0.6) is 5.75 Å². The number of hydrogen-bond donors (Lipinski definition) is 2. The highest BCUT2D eigenvalue weighted by Gasteiger charge is 2.34. The number of nitrogens with one attached hydrogen (secondary N) is 2. The molecule has 8 heteroatoms. The van der Waals surface area contributed by atoms with Crippen LogP contribution in [-0.4, -0.2) is 63.4 Å². The van der Waals surface area contributed by atoms with Gasteiger partial charge in [0, 0.05) is 26.2 Å². The molecule has 2 rings (SSSR count). The maximum Gasteiger partial charge on any atom is 0.401 e. The molecule has 0 amide bonds. The maximum atomic E-state index is 12.5. The minimum absolute atomic E-state index is 0.162. The Kier molecular flexibility index (Phi) is 8.41. The van der Waals surface area contributed by atoms with Crippen molar-refractivity contribution in [3.63, 3.8) is 0 Å². The fourth-order valence-corrected chi connectivity index (χ4v) is 3.44. The van der Waals surface area contributed by atoms with Gasteiger partial charge in [-0.15, -0.1) is 0 Å². The van der Waals surface area contributed by atoms with Gasteiger partial charge in [-0.05, 0) is 50.8 Å². The fourth-order valence-electron chi connectivity index (χ4n) is 3.44. The van der Waals surface area contributed by atoms with Gasteiger partial charge < -0.3 is 15.4 Å². The molecular formula is C20H31F3N4O. The van der Waals surface area contributed by atoms with Crippen molar-refractivity contribution in [1.29, 1.82) is 0 Å². The Labute approximate surface area is 165 Å². The van der Waals surface area contributed by atoms with Crippen LogP contribution in [0.4, 0.5) is 13.2 Å². The number of benzene rings is 1. The standard InChI is InChI=1S/C20H31F3N4O/c1-4-24-19(25-9-7-17-11-15(2)5-6-18(17)28-3)26-12-16-8-10-27(13-16)14-20(21,22)23/h5-6,11,16H,4,7-10,12-14H2,1-3H3,(H2,24,25,26). The molecule has 1 fully saturated rings. The highest BCUT2D eigenvalue weighted by atomic mass is 19.4. The van der Waals surface area contributed by atoms with E-state index in [1.165, 1.54) is 10.5 Å². The lowest BCUT2D eigenvalue weighted by molar-refractivity contribution is -0.143. The monoisotopic (exact) mass is 400 g/mol. The van der Waals surface area contributed by atoms with E-state index >= 15 is 0 Å². The summed E-state index contributed by atoms with van der Waals surface area (Å²) in [6, 6.07) is 6.10. The molecule has 2 N–H and O–H groups in total. The fraction of sp³-hybridized carbons (Fsp3) is 0.650. The van der Waals surface area contributed by atoms with E-state index in [-0.39, 0.29) is 5.92 Å². The summed E-state index contributed by atoms with van der Waals surface area (Å²) in [5.41, 5.74) is 2.31. The van der Waals surface area contributed by atoms with Gasteiger partial charge in [-0.2, -0.15) is 13.2 Å². The van der Waals surface area contributed by atoms with Gasteiger partial charge in [-0.3, -0.25) is 9.89 Å². The number of likely N-dealkylation sites (tertiary alicyclic amines) is 1. The molecule has 1 aromatic carbocycles. The van der Waals surface area contributed by atoms with E-state index in [0.29, 0.717) is 32.1 Å². The highest BCUT2D eigenvalue weighted by molar-refractivity contribution is 5.79. The third-order valence-corrected chi connectivity index (χ3v) is 4.75. The number of aliphatic imine (C=N–C) groups is 1. The quantitative estimate of drug-likeness (QED) is 0.520. The van der Waals surface area contributed by atoms with Gasteiger partial charge in [0.1, 0.15) is 5.75 Å². The number of methoxy groups -OCH3 is 1. The lowest BCUT2D eigenvalue weighted by Crippen LogP contribution is -2.39. The Morgan fingerprint density at radius 3 is 2.79 bits per heavy atom. The zero-order chi connectivity index (χ0) is 20.6. The molecule has 158 valence electrons. The lowest BCUT2D eigenvalue weighted by atomic mass is 10.1. The van der Waals surface area contributed by atoms with Crippen molar-refractivity contribution in [1.82, 2.24) is 15.5 Å². The first-order valence-corrected chi connectivity index (χ1v) is 9.75. The normalized spacial score (nSPS) is 18.4. The Morgan fingerprint density at radius 1 is 1.32 bits per heavy atom. The van der Waals surface area contributed by atoms with Crippen LogP contribution in [0.1, 0.15) is 24.5 Å². The molecule has 1 atom stereocenters. The van der Waals surface area contributed by atoms with E-state index in [0.717, 1.165) is 30.7 Å². The van der Waals surface area contributed by atoms with Crippen LogP contribution in [0.15, 0.2) is 23.2 Å². The Hall–Kier alpha value is -1.96. The van der Waals surface area contributed by atoms with Crippen molar-refractivity contribution in [3.05, 3.63) is 29.3 Å². The van der Waals surface area contributed by atoms with E-state index < -0.39 is 12.7 Å². The number of aryl methyl sites for hydroxylation is 1. The van der Waals surface area contributed by atoms with Crippen LogP contribution in [-0.2, 0) is 6.42 Å². The van der Waals surface area contributed by atoms with E-state index in [9.17, 15) is 13.2 Å². The zero-order valence-corrected chi connectivity index (χ0v) is 16.9. The van der Waals surface area contributed by atoms with Gasteiger partial charge in [0.15, 0.2) is 5.96 Å². The predicted molar refractivity (Wildman–Crippen MR) is 106 cm³/mol. The van der Waals surface area contributed by atoms with Crippen LogP contribution < -0.4 is 15.4 Å². The predicted octanol–water partition coefficient (Wildman–Crippen LogP) is 2.99. The first kappa shape index (κ1) is 22.3. The lowest BCUT2D eigenvalue weighted by Gasteiger charge is -2.17. The summed E-state index contributed by atoms with van der Waals surface area (Å²) >= 11 is 0. The minimum atomic E-state index is -4.13. The molecule has 1 aliphatic heterocycles. The molecule has 0 saturated carbocycles. The molecule has 28 heavy (non-hydrogen) atoms. The number of alkyl halides is 3. The van der Waals surface area contributed by atoms with Crippen molar-refractivity contribution in [2.75, 3.05) is 46.4 Å². The van der Waals surface area contributed by atoms with Crippen molar-refractivity contribution in [2.24, 2.45) is 10.9 Å². The SMILES string of the molecule is CCNC(=NCC1CCN(CC(F)(F)F)C1)NCCc1cc(C)ccc1OC. The molecule has 0 spiro atoms. The summed E-state index contributed by atoms with van der Waals surface area (Å²) in [6.45, 7) is 6.08. The number of halogens is 3. The van der Waals surface area contributed by atoms with Gasteiger partial charge >= 0.3 is 6.18 Å². The van der Waals surface area contributed by atoms with E-state index in [2.05, 4.69) is 21.7 Å². The summed E-state index contributed by atoms with van der Waals surface area (Å²) in [4.78, 5) is 6.04. The van der Waals surface area contributed by atoms with E-state index in [1.54, 1.807) is 7.11 Å². The van der Waals surface area contributed by atoms with Crippen molar-refractivity contribution < 1.29 is 17.9 Å². The minimum Gasteiger partial charge on any atom is -0.496 e. The van der Waals surface area contributed by atoms with E-state index in [4.69, 9.17) is 4.74 Å². The molecule has 0 bridgehead atoms. The van der Waals surface area contributed by atoms with Crippen molar-refractivity contribution in [2.45, 2.75) is 32.9 Å². The largest absolute Gasteiger partial charge is 0.496 e. The zero-order valence-electron chi connectivity index (χ0n) is 16.9. The topological polar surface area (TPSA) is 48.9 Å². The van der Waals surface area contributed by atoms with Crippen LogP contribution in [0.25, 0.3) is 0 Å². The van der Waals surface area contributed by atoms with E-state index in [1.807, 2.05) is 26.0 Å². The van der Waals surface area contributed by atoms with Gasteiger partial charge in [-0.25, -0.2) is 0 Å². The Bertz CT molecular complexity index is 649. The van der Waals surface area contributed by atoms with Crippen LogP contribution in [0.3, 0.4) is 0 Å². The van der Waals surface area contributed by atoms with Crippen LogP contribution >= 0.6 is 0 Å². The second-order valence-electron chi connectivity index (χ2n) is 7.22. The molecule has 0 aromatic heterocycles. The molecule has 1 aromatic rings.